The molecule has 2 aromatic heterocycles. The van der Waals surface area contributed by atoms with Gasteiger partial charge in [-0.1, -0.05) is 18.2 Å². The fourth-order valence-electron chi connectivity index (χ4n) is 3.00. The minimum absolute atomic E-state index is 0.156. The van der Waals surface area contributed by atoms with Crippen molar-refractivity contribution in [3.63, 3.8) is 0 Å². The summed E-state index contributed by atoms with van der Waals surface area (Å²) in [6.45, 7) is 3.69. The quantitative estimate of drug-likeness (QED) is 0.716. The molecule has 1 aromatic carbocycles. The minimum atomic E-state index is 0.156. The van der Waals surface area contributed by atoms with E-state index in [2.05, 4.69) is 47.0 Å². The number of ether oxygens (including phenoxy) is 1. The van der Waals surface area contributed by atoms with Crippen LogP contribution in [-0.2, 0) is 13.6 Å². The first-order valence-electron chi connectivity index (χ1n) is 8.93. The fraction of sp³-hybridized carbons (Fsp3) is 0.400. The number of hydrogen-bond donors (Lipinski definition) is 1. The number of para-hydroxylation sites is 2. The Kier molecular flexibility index (Phi) is 4.40. The Morgan fingerprint density at radius 3 is 2.80 bits per heavy atom. The van der Waals surface area contributed by atoms with Crippen LogP contribution in [0.15, 0.2) is 42.6 Å². The molecule has 0 amide bonds. The maximum absolute atomic E-state index is 5.68. The van der Waals surface area contributed by atoms with Crippen LogP contribution in [0.4, 0.5) is 0 Å². The van der Waals surface area contributed by atoms with E-state index in [0.29, 0.717) is 0 Å². The van der Waals surface area contributed by atoms with Gasteiger partial charge in [-0.15, -0.1) is 0 Å². The van der Waals surface area contributed by atoms with E-state index in [1.807, 2.05) is 24.4 Å². The molecule has 5 heteroatoms. The van der Waals surface area contributed by atoms with Crippen LogP contribution in [-0.4, -0.2) is 21.1 Å². The van der Waals surface area contributed by atoms with E-state index in [1.54, 1.807) is 0 Å². The number of nitrogens with one attached hydrogen (secondary N) is 1. The van der Waals surface area contributed by atoms with Gasteiger partial charge in [-0.3, -0.25) is 0 Å². The Morgan fingerprint density at radius 2 is 2.08 bits per heavy atom. The van der Waals surface area contributed by atoms with Crippen molar-refractivity contribution in [1.29, 1.82) is 0 Å². The highest BCUT2D eigenvalue weighted by molar-refractivity contribution is 5.75. The Hall–Kier alpha value is -2.40. The van der Waals surface area contributed by atoms with Crippen molar-refractivity contribution in [2.45, 2.75) is 32.4 Å². The van der Waals surface area contributed by atoms with Crippen LogP contribution in [0.25, 0.3) is 11.0 Å². The van der Waals surface area contributed by atoms with Crippen molar-refractivity contribution in [3.8, 4) is 5.88 Å². The average molecular weight is 336 g/mol. The first-order valence-corrected chi connectivity index (χ1v) is 8.93. The van der Waals surface area contributed by atoms with Crippen LogP contribution in [0, 0.1) is 5.92 Å². The average Bonchev–Trinajstić information content (AvgIpc) is 3.42. The van der Waals surface area contributed by atoms with E-state index in [9.17, 15) is 0 Å². The molecule has 0 radical (unpaired) electrons. The number of aromatic nitrogens is 3. The highest BCUT2D eigenvalue weighted by atomic mass is 16.5. The smallest absolute Gasteiger partial charge is 0.213 e. The molecule has 4 rings (SSSR count). The zero-order valence-corrected chi connectivity index (χ0v) is 14.8. The number of hydrogen-bond acceptors (Lipinski definition) is 4. The number of fused-ring (bicyclic) bond motifs is 1. The summed E-state index contributed by atoms with van der Waals surface area (Å²) in [6.07, 6.45) is 4.47. The number of imidazole rings is 1. The molecular formula is C20H24N4O. The van der Waals surface area contributed by atoms with Gasteiger partial charge >= 0.3 is 0 Å². The molecule has 3 aromatic rings. The predicted octanol–water partition coefficient (Wildman–Crippen LogP) is 3.61. The molecule has 1 N–H and O–H groups in total. The van der Waals surface area contributed by atoms with Crippen LogP contribution >= 0.6 is 0 Å². The van der Waals surface area contributed by atoms with Crippen LogP contribution in [0.5, 0.6) is 5.88 Å². The summed E-state index contributed by atoms with van der Waals surface area (Å²) in [4.78, 5) is 9.15. The van der Waals surface area contributed by atoms with E-state index in [1.165, 1.54) is 12.8 Å². The van der Waals surface area contributed by atoms with Gasteiger partial charge in [0.1, 0.15) is 5.82 Å². The van der Waals surface area contributed by atoms with Crippen LogP contribution < -0.4 is 10.1 Å². The fourth-order valence-corrected chi connectivity index (χ4v) is 3.00. The Balaban J connectivity index is 1.37. The van der Waals surface area contributed by atoms with Crippen molar-refractivity contribution >= 4 is 11.0 Å². The third kappa shape index (κ3) is 3.66. The summed E-state index contributed by atoms with van der Waals surface area (Å²) in [6, 6.07) is 12.4. The van der Waals surface area contributed by atoms with Crippen LogP contribution in [0.3, 0.4) is 0 Å². The lowest BCUT2D eigenvalue weighted by molar-refractivity contribution is 0.288. The Labute approximate surface area is 148 Å². The molecular weight excluding hydrogens is 312 g/mol. The second-order valence-corrected chi connectivity index (χ2v) is 6.88. The Morgan fingerprint density at radius 1 is 1.24 bits per heavy atom. The second-order valence-electron chi connectivity index (χ2n) is 6.88. The zero-order valence-electron chi connectivity index (χ0n) is 14.8. The van der Waals surface area contributed by atoms with Crippen LogP contribution in [0.1, 0.15) is 37.2 Å². The van der Waals surface area contributed by atoms with Gasteiger partial charge < -0.3 is 14.6 Å². The SMILES string of the molecule is CC(NCc1ccc(OCC2CC2)nc1)c1nc2ccccc2n1C. The largest absolute Gasteiger partial charge is 0.477 e. The van der Waals surface area contributed by atoms with E-state index in [0.717, 1.165) is 47.4 Å². The van der Waals surface area contributed by atoms with Gasteiger partial charge in [0, 0.05) is 25.9 Å². The van der Waals surface area contributed by atoms with Crippen molar-refractivity contribution in [2.24, 2.45) is 13.0 Å². The highest BCUT2D eigenvalue weighted by Crippen LogP contribution is 2.29. The van der Waals surface area contributed by atoms with Gasteiger partial charge in [-0.05, 0) is 43.4 Å². The van der Waals surface area contributed by atoms with Crippen molar-refractivity contribution in [2.75, 3.05) is 6.61 Å². The number of pyridine rings is 1. The zero-order chi connectivity index (χ0) is 17.2. The number of nitrogens with zero attached hydrogens (tertiary/aromatic N) is 3. The first-order chi connectivity index (χ1) is 12.2. The second kappa shape index (κ2) is 6.84. The third-order valence-corrected chi connectivity index (χ3v) is 4.78. The monoisotopic (exact) mass is 336 g/mol. The van der Waals surface area contributed by atoms with Gasteiger partial charge in [0.15, 0.2) is 0 Å². The molecule has 0 spiro atoms. The molecule has 1 aliphatic rings. The maximum atomic E-state index is 5.68. The molecule has 25 heavy (non-hydrogen) atoms. The molecule has 1 fully saturated rings. The van der Waals surface area contributed by atoms with Gasteiger partial charge in [0.2, 0.25) is 5.88 Å². The van der Waals surface area contributed by atoms with Crippen molar-refractivity contribution in [3.05, 3.63) is 54.0 Å². The normalized spacial score (nSPS) is 15.4. The van der Waals surface area contributed by atoms with Gasteiger partial charge in [0.05, 0.1) is 23.7 Å². The number of rotatable bonds is 7. The van der Waals surface area contributed by atoms with E-state index >= 15 is 0 Å². The molecule has 1 unspecified atom stereocenters. The van der Waals surface area contributed by atoms with Crippen molar-refractivity contribution in [1.82, 2.24) is 19.9 Å². The topological polar surface area (TPSA) is 52.0 Å². The van der Waals surface area contributed by atoms with Gasteiger partial charge in [0.25, 0.3) is 0 Å². The van der Waals surface area contributed by atoms with Gasteiger partial charge in [-0.2, -0.15) is 0 Å². The molecule has 0 saturated heterocycles. The summed E-state index contributed by atoms with van der Waals surface area (Å²) in [7, 11) is 2.07. The molecule has 5 nitrogen and oxygen atoms in total. The molecule has 0 aliphatic heterocycles. The van der Waals surface area contributed by atoms with Crippen LogP contribution in [0.2, 0.25) is 0 Å². The molecule has 2 heterocycles. The third-order valence-electron chi connectivity index (χ3n) is 4.78. The lowest BCUT2D eigenvalue weighted by atomic mass is 10.2. The molecule has 1 atom stereocenters. The van der Waals surface area contributed by atoms with Crippen molar-refractivity contribution < 1.29 is 4.74 Å². The standard InChI is InChI=1S/C20H24N4O/c1-14(20-23-17-5-3-4-6-18(17)24(20)2)21-11-16-9-10-19(22-12-16)25-13-15-7-8-15/h3-6,9-10,12,14-15,21H,7-8,11,13H2,1-2H3. The number of aryl methyl sites for hydroxylation is 1. The summed E-state index contributed by atoms with van der Waals surface area (Å²) in [5.74, 6) is 2.51. The summed E-state index contributed by atoms with van der Waals surface area (Å²) in [5, 5.41) is 3.53. The Bertz CT molecular complexity index is 852. The summed E-state index contributed by atoms with van der Waals surface area (Å²) in [5.41, 5.74) is 3.34. The lowest BCUT2D eigenvalue weighted by Crippen LogP contribution is -2.21. The molecule has 1 saturated carbocycles. The molecule has 130 valence electrons. The van der Waals surface area contributed by atoms with Gasteiger partial charge in [-0.25, -0.2) is 9.97 Å². The van der Waals surface area contributed by atoms with E-state index < -0.39 is 0 Å². The predicted molar refractivity (Wildman–Crippen MR) is 98.4 cm³/mol. The minimum Gasteiger partial charge on any atom is -0.477 e. The highest BCUT2D eigenvalue weighted by Gasteiger charge is 2.22. The first kappa shape index (κ1) is 16.1. The number of benzene rings is 1. The summed E-state index contributed by atoms with van der Waals surface area (Å²) >= 11 is 0. The lowest BCUT2D eigenvalue weighted by Gasteiger charge is -2.14. The van der Waals surface area contributed by atoms with E-state index in [-0.39, 0.29) is 6.04 Å². The molecule has 0 bridgehead atoms. The summed E-state index contributed by atoms with van der Waals surface area (Å²) < 4.78 is 7.84. The van der Waals surface area contributed by atoms with E-state index in [4.69, 9.17) is 9.72 Å². The maximum Gasteiger partial charge on any atom is 0.213 e. The molecule has 1 aliphatic carbocycles.